The number of alkyl carbamates (subject to hydrolysis) is 1. The number of fused-ring (bicyclic) bond motifs is 1. The maximum atomic E-state index is 14.8. The molecule has 13 nitrogen and oxygen atoms in total. The zero-order valence-electron chi connectivity index (χ0n) is 28.9. The van der Waals surface area contributed by atoms with E-state index >= 15 is 0 Å². The number of piperidine rings is 1. The first kappa shape index (κ1) is 36.9. The van der Waals surface area contributed by atoms with Gasteiger partial charge >= 0.3 is 12.2 Å². The first-order chi connectivity index (χ1) is 23.3. The molecular formula is C34H42F2N6O7S. The van der Waals surface area contributed by atoms with Crippen LogP contribution in [0.3, 0.4) is 0 Å². The minimum atomic E-state index is -0.911. The standard InChI is InChI=1S/C34H42F2N6O7S/c1-16-14-42(15-21(27(16)44)39-31(46)48-33(2,3)4)26-17-11-12-22(43)24(17)37-13-20(26)38-28(45)25-30(41-32(47)49-34(5,6)7)50-29(40-25)23-18(35)9-8-10-19(23)36/h8-10,13,16,21-22,27,43-44H,11-12,14-15H2,1-7H3,(H,38,45)(H,39,46)(H,41,47)/t16-,21+,22?,27+/m0/s1. The number of amides is 3. The van der Waals surface area contributed by atoms with Gasteiger partial charge in [-0.25, -0.2) is 23.4 Å². The molecule has 4 atom stereocenters. The largest absolute Gasteiger partial charge is 0.444 e. The number of hydrogen-bond donors (Lipinski definition) is 5. The molecule has 3 heterocycles. The molecule has 270 valence electrons. The van der Waals surface area contributed by atoms with Crippen LogP contribution in [-0.4, -0.2) is 74.7 Å². The van der Waals surface area contributed by atoms with E-state index in [0.29, 0.717) is 47.7 Å². The molecule has 2 aliphatic rings. The van der Waals surface area contributed by atoms with Crippen LogP contribution in [0, 0.1) is 17.6 Å². The van der Waals surface area contributed by atoms with Gasteiger partial charge in [-0.05, 0) is 66.5 Å². The second-order valence-electron chi connectivity index (χ2n) is 14.4. The number of aliphatic hydroxyl groups is 2. The van der Waals surface area contributed by atoms with Crippen molar-refractivity contribution < 1.29 is 42.9 Å². The van der Waals surface area contributed by atoms with Crippen molar-refractivity contribution in [2.45, 2.75) is 90.8 Å². The lowest BCUT2D eigenvalue weighted by molar-refractivity contribution is 0.0303. The van der Waals surface area contributed by atoms with Crippen LogP contribution in [-0.2, 0) is 15.9 Å². The van der Waals surface area contributed by atoms with E-state index in [-0.39, 0.29) is 33.9 Å². The minimum Gasteiger partial charge on any atom is -0.444 e. The molecule has 0 spiro atoms. The summed E-state index contributed by atoms with van der Waals surface area (Å²) in [6.07, 6.45) is -1.14. The number of aromatic nitrogens is 2. The summed E-state index contributed by atoms with van der Waals surface area (Å²) in [5, 5.41) is 29.5. The van der Waals surface area contributed by atoms with E-state index in [9.17, 15) is 33.4 Å². The lowest BCUT2D eigenvalue weighted by Gasteiger charge is -2.42. The Kier molecular flexibility index (Phi) is 10.4. The predicted molar refractivity (Wildman–Crippen MR) is 183 cm³/mol. The molecule has 5 rings (SSSR count). The van der Waals surface area contributed by atoms with Gasteiger partial charge < -0.3 is 35.2 Å². The van der Waals surface area contributed by atoms with Gasteiger partial charge in [-0.1, -0.05) is 24.3 Å². The number of halogens is 2. The van der Waals surface area contributed by atoms with E-state index in [2.05, 4.69) is 25.9 Å². The quantitative estimate of drug-likeness (QED) is 0.211. The van der Waals surface area contributed by atoms with Crippen molar-refractivity contribution in [1.29, 1.82) is 0 Å². The third-order valence-corrected chi connectivity index (χ3v) is 8.98. The van der Waals surface area contributed by atoms with Crippen molar-refractivity contribution in [1.82, 2.24) is 15.3 Å². The van der Waals surface area contributed by atoms with Gasteiger partial charge in [0.1, 0.15) is 32.8 Å². The van der Waals surface area contributed by atoms with Crippen LogP contribution < -0.4 is 20.9 Å². The molecule has 0 saturated carbocycles. The van der Waals surface area contributed by atoms with Crippen LogP contribution in [0.1, 0.15) is 82.7 Å². The highest BCUT2D eigenvalue weighted by Gasteiger charge is 2.39. The maximum Gasteiger partial charge on any atom is 0.412 e. The van der Waals surface area contributed by atoms with Gasteiger partial charge in [-0.15, -0.1) is 0 Å². The molecule has 0 radical (unpaired) electrons. The number of anilines is 3. The van der Waals surface area contributed by atoms with Crippen LogP contribution in [0.5, 0.6) is 0 Å². The van der Waals surface area contributed by atoms with Crippen molar-refractivity contribution in [2.24, 2.45) is 5.92 Å². The lowest BCUT2D eigenvalue weighted by Crippen LogP contribution is -2.59. The average Bonchev–Trinajstić information content (AvgIpc) is 3.56. The molecule has 2 aromatic heterocycles. The highest BCUT2D eigenvalue weighted by molar-refractivity contribution is 7.19. The SMILES string of the molecule is C[C@H]1CN(c2c(NC(=O)c3nc(-c4c(F)cccc4F)sc3NC(=O)OC(C)(C)C)cnc3c2CCC3O)C[C@@H](NC(=O)OC(C)(C)C)[C@@H]1O. The number of nitrogens with one attached hydrogen (secondary N) is 3. The number of ether oxygens (including phenoxy) is 2. The molecule has 1 aromatic carbocycles. The molecule has 1 fully saturated rings. The fourth-order valence-corrected chi connectivity index (χ4v) is 6.95. The Balaban J connectivity index is 1.52. The third-order valence-electron chi connectivity index (χ3n) is 7.99. The number of carbonyl (C=O) groups is 3. The number of thiazole rings is 1. The summed E-state index contributed by atoms with van der Waals surface area (Å²) in [4.78, 5) is 50.1. The van der Waals surface area contributed by atoms with Crippen LogP contribution >= 0.6 is 11.3 Å². The Morgan fingerprint density at radius 2 is 1.62 bits per heavy atom. The first-order valence-electron chi connectivity index (χ1n) is 16.2. The number of aliphatic hydroxyl groups excluding tert-OH is 2. The van der Waals surface area contributed by atoms with Crippen molar-refractivity contribution >= 4 is 45.8 Å². The molecule has 5 N–H and O–H groups in total. The van der Waals surface area contributed by atoms with Gasteiger partial charge in [0, 0.05) is 24.6 Å². The van der Waals surface area contributed by atoms with Gasteiger partial charge in [0.25, 0.3) is 5.91 Å². The second-order valence-corrected chi connectivity index (χ2v) is 15.4. The Labute approximate surface area is 292 Å². The zero-order chi connectivity index (χ0) is 36.7. The van der Waals surface area contributed by atoms with E-state index < -0.39 is 64.7 Å². The van der Waals surface area contributed by atoms with Gasteiger partial charge in [-0.3, -0.25) is 15.1 Å². The Bertz CT molecular complexity index is 1770. The Morgan fingerprint density at radius 1 is 0.980 bits per heavy atom. The van der Waals surface area contributed by atoms with Crippen molar-refractivity contribution in [3.05, 3.63) is 53.0 Å². The smallest absolute Gasteiger partial charge is 0.412 e. The second kappa shape index (κ2) is 14.1. The predicted octanol–water partition coefficient (Wildman–Crippen LogP) is 5.77. The van der Waals surface area contributed by atoms with Crippen molar-refractivity contribution in [3.63, 3.8) is 0 Å². The molecule has 3 amide bonds. The van der Waals surface area contributed by atoms with Crippen molar-refractivity contribution in [3.8, 4) is 10.6 Å². The molecule has 1 aliphatic heterocycles. The van der Waals surface area contributed by atoms with E-state index in [1.165, 1.54) is 12.3 Å². The van der Waals surface area contributed by atoms with Crippen LogP contribution in [0.2, 0.25) is 0 Å². The Morgan fingerprint density at radius 3 is 2.26 bits per heavy atom. The first-order valence-corrected chi connectivity index (χ1v) is 17.0. The molecule has 1 unspecified atom stereocenters. The summed E-state index contributed by atoms with van der Waals surface area (Å²) in [5.41, 5.74) is -0.605. The molecular weight excluding hydrogens is 674 g/mol. The Hall–Kier alpha value is -4.41. The molecule has 1 saturated heterocycles. The summed E-state index contributed by atoms with van der Waals surface area (Å²) in [6.45, 7) is 12.4. The van der Waals surface area contributed by atoms with E-state index in [0.717, 1.165) is 12.1 Å². The summed E-state index contributed by atoms with van der Waals surface area (Å²) >= 11 is 0.694. The molecule has 0 bridgehead atoms. The van der Waals surface area contributed by atoms with Crippen LogP contribution in [0.4, 0.5) is 34.7 Å². The van der Waals surface area contributed by atoms with Gasteiger partial charge in [0.2, 0.25) is 0 Å². The summed E-state index contributed by atoms with van der Waals surface area (Å²) in [6, 6.07) is 2.55. The number of benzene rings is 1. The lowest BCUT2D eigenvalue weighted by atomic mass is 9.91. The summed E-state index contributed by atoms with van der Waals surface area (Å²) in [7, 11) is 0. The third kappa shape index (κ3) is 8.30. The summed E-state index contributed by atoms with van der Waals surface area (Å²) in [5.74, 6) is -2.99. The monoisotopic (exact) mass is 716 g/mol. The van der Waals surface area contributed by atoms with Crippen molar-refractivity contribution in [2.75, 3.05) is 28.6 Å². The van der Waals surface area contributed by atoms with E-state index in [1.54, 1.807) is 41.5 Å². The topological polar surface area (TPSA) is 175 Å². The van der Waals surface area contributed by atoms with Crippen LogP contribution in [0.25, 0.3) is 10.6 Å². The zero-order valence-corrected chi connectivity index (χ0v) is 29.7. The van der Waals surface area contributed by atoms with Gasteiger partial charge in [0.05, 0.1) is 47.1 Å². The number of hydrogen-bond acceptors (Lipinski definition) is 11. The van der Waals surface area contributed by atoms with E-state index in [1.807, 2.05) is 11.8 Å². The van der Waals surface area contributed by atoms with Gasteiger partial charge in [0.15, 0.2) is 5.69 Å². The number of nitrogens with zero attached hydrogens (tertiary/aromatic N) is 3. The molecule has 16 heteroatoms. The average molecular weight is 717 g/mol. The molecule has 3 aromatic rings. The fraction of sp³-hybridized carbons (Fsp3) is 0.500. The maximum absolute atomic E-state index is 14.8. The van der Waals surface area contributed by atoms with Crippen LogP contribution in [0.15, 0.2) is 24.4 Å². The highest BCUT2D eigenvalue weighted by atomic mass is 32.1. The minimum absolute atomic E-state index is 0.114. The molecule has 50 heavy (non-hydrogen) atoms. The van der Waals surface area contributed by atoms with E-state index in [4.69, 9.17) is 9.47 Å². The highest BCUT2D eigenvalue weighted by Crippen LogP contribution is 2.42. The number of rotatable bonds is 6. The normalized spacial score (nSPS) is 20.6. The number of carbonyl (C=O) groups excluding carboxylic acids is 3. The van der Waals surface area contributed by atoms with Gasteiger partial charge in [-0.2, -0.15) is 0 Å². The molecule has 1 aliphatic carbocycles. The fourth-order valence-electron chi connectivity index (χ4n) is 5.95. The summed E-state index contributed by atoms with van der Waals surface area (Å²) < 4.78 is 40.4. The number of pyridine rings is 1.